The number of hydrogen-bond donors (Lipinski definition) is 0. The Labute approximate surface area is 120 Å². The summed E-state index contributed by atoms with van der Waals surface area (Å²) >= 11 is 7.16. The summed E-state index contributed by atoms with van der Waals surface area (Å²) in [6, 6.07) is 8.34. The molecule has 0 fully saturated rings. The first-order chi connectivity index (χ1) is 8.29. The lowest BCUT2D eigenvalue weighted by atomic mass is 9.98. The van der Waals surface area contributed by atoms with Crippen molar-refractivity contribution in [3.8, 4) is 0 Å². The quantitative estimate of drug-likeness (QED) is 0.512. The van der Waals surface area contributed by atoms with E-state index in [-0.39, 0.29) is 0 Å². The van der Waals surface area contributed by atoms with E-state index < -0.39 is 0 Å². The fraction of sp³-hybridized carbons (Fsp3) is 0.538. The summed E-state index contributed by atoms with van der Waals surface area (Å²) in [5.74, 6) is 0.480. The summed E-state index contributed by atoms with van der Waals surface area (Å²) < 4.78 is 11.6. The summed E-state index contributed by atoms with van der Waals surface area (Å²) in [6.45, 7) is 2.09. The monoisotopic (exact) mass is 364 g/mol. The molecule has 96 valence electrons. The average Bonchev–Trinajstić information content (AvgIpc) is 2.35. The van der Waals surface area contributed by atoms with Crippen LogP contribution in [0.15, 0.2) is 28.7 Å². The number of ether oxygens (including phenoxy) is 2. The molecule has 1 rings (SSSR count). The predicted molar refractivity (Wildman–Crippen MR) is 78.0 cm³/mol. The van der Waals surface area contributed by atoms with Crippen LogP contribution in [-0.2, 0) is 9.47 Å². The molecule has 2 nitrogen and oxygen atoms in total. The molecule has 0 aromatic heterocycles. The van der Waals surface area contributed by atoms with Crippen molar-refractivity contribution in [2.75, 3.05) is 32.3 Å². The van der Waals surface area contributed by atoms with Gasteiger partial charge in [0.05, 0.1) is 13.2 Å². The van der Waals surface area contributed by atoms with Crippen LogP contribution >= 0.6 is 31.9 Å². The first-order valence-electron chi connectivity index (χ1n) is 5.66. The minimum absolute atomic E-state index is 0.480. The van der Waals surface area contributed by atoms with Crippen LogP contribution < -0.4 is 0 Å². The lowest BCUT2D eigenvalue weighted by Crippen LogP contribution is -2.08. The highest BCUT2D eigenvalue weighted by Crippen LogP contribution is 2.28. The third-order valence-corrected chi connectivity index (χ3v) is 4.08. The molecule has 0 N–H and O–H groups in total. The van der Waals surface area contributed by atoms with Gasteiger partial charge in [-0.15, -0.1) is 0 Å². The Kier molecular flexibility index (Phi) is 8.10. The van der Waals surface area contributed by atoms with Crippen LogP contribution in [0, 0.1) is 0 Å². The second-order valence-corrected chi connectivity index (χ2v) is 5.27. The Bertz CT molecular complexity index is 318. The van der Waals surface area contributed by atoms with Gasteiger partial charge in [-0.3, -0.25) is 0 Å². The fourth-order valence-electron chi connectivity index (χ4n) is 1.59. The fourth-order valence-corrected chi connectivity index (χ4v) is 2.87. The van der Waals surface area contributed by atoms with Crippen molar-refractivity contribution in [2.24, 2.45) is 0 Å². The number of methoxy groups -OCH3 is 1. The van der Waals surface area contributed by atoms with Gasteiger partial charge in [-0.05, 0) is 24.0 Å². The van der Waals surface area contributed by atoms with Gasteiger partial charge < -0.3 is 9.47 Å². The lowest BCUT2D eigenvalue weighted by Gasteiger charge is -2.16. The zero-order valence-electron chi connectivity index (χ0n) is 9.99. The maximum absolute atomic E-state index is 5.51. The van der Waals surface area contributed by atoms with Crippen molar-refractivity contribution in [1.82, 2.24) is 0 Å². The van der Waals surface area contributed by atoms with Gasteiger partial charge in [-0.1, -0.05) is 50.1 Å². The molecule has 1 unspecified atom stereocenters. The zero-order valence-corrected chi connectivity index (χ0v) is 13.2. The van der Waals surface area contributed by atoms with Gasteiger partial charge in [-0.25, -0.2) is 0 Å². The highest BCUT2D eigenvalue weighted by atomic mass is 79.9. The van der Waals surface area contributed by atoms with Crippen LogP contribution in [0.25, 0.3) is 0 Å². The van der Waals surface area contributed by atoms with E-state index in [4.69, 9.17) is 9.47 Å². The molecule has 1 aromatic carbocycles. The van der Waals surface area contributed by atoms with E-state index >= 15 is 0 Å². The Morgan fingerprint density at radius 1 is 1.18 bits per heavy atom. The molecule has 0 radical (unpaired) electrons. The molecule has 0 saturated heterocycles. The standard InChI is InChI=1S/C13H18Br2O2/c1-16-8-9-17-7-6-11(10-14)12-4-2-3-5-13(12)15/h2-5,11H,6-10H2,1H3. The van der Waals surface area contributed by atoms with E-state index in [0.29, 0.717) is 19.1 Å². The Balaban J connectivity index is 2.41. The van der Waals surface area contributed by atoms with Crippen molar-refractivity contribution in [3.05, 3.63) is 34.3 Å². The maximum atomic E-state index is 5.51. The minimum atomic E-state index is 0.480. The summed E-state index contributed by atoms with van der Waals surface area (Å²) in [7, 11) is 1.69. The van der Waals surface area contributed by atoms with Gasteiger partial charge in [-0.2, -0.15) is 0 Å². The lowest BCUT2D eigenvalue weighted by molar-refractivity contribution is 0.0677. The van der Waals surface area contributed by atoms with Gasteiger partial charge in [0, 0.05) is 23.5 Å². The van der Waals surface area contributed by atoms with E-state index in [9.17, 15) is 0 Å². The highest BCUT2D eigenvalue weighted by Gasteiger charge is 2.12. The topological polar surface area (TPSA) is 18.5 Å². The highest BCUT2D eigenvalue weighted by molar-refractivity contribution is 9.10. The van der Waals surface area contributed by atoms with E-state index in [1.807, 2.05) is 6.07 Å². The Morgan fingerprint density at radius 2 is 1.94 bits per heavy atom. The summed E-state index contributed by atoms with van der Waals surface area (Å²) in [5, 5.41) is 0.948. The van der Waals surface area contributed by atoms with Gasteiger partial charge in [0.15, 0.2) is 0 Å². The maximum Gasteiger partial charge on any atom is 0.0700 e. The van der Waals surface area contributed by atoms with Crippen LogP contribution in [0.3, 0.4) is 0 Å². The summed E-state index contributed by atoms with van der Waals surface area (Å²) in [4.78, 5) is 0. The second-order valence-electron chi connectivity index (χ2n) is 3.77. The van der Waals surface area contributed by atoms with Crippen molar-refractivity contribution in [1.29, 1.82) is 0 Å². The molecular weight excluding hydrogens is 348 g/mol. The molecule has 0 bridgehead atoms. The molecular formula is C13H18Br2O2. The average molecular weight is 366 g/mol. The number of rotatable bonds is 8. The van der Waals surface area contributed by atoms with E-state index in [0.717, 1.165) is 18.4 Å². The van der Waals surface area contributed by atoms with Crippen molar-refractivity contribution < 1.29 is 9.47 Å². The molecule has 4 heteroatoms. The van der Waals surface area contributed by atoms with E-state index in [1.54, 1.807) is 7.11 Å². The molecule has 17 heavy (non-hydrogen) atoms. The molecule has 0 spiro atoms. The van der Waals surface area contributed by atoms with Crippen molar-refractivity contribution in [3.63, 3.8) is 0 Å². The van der Waals surface area contributed by atoms with Crippen LogP contribution in [-0.4, -0.2) is 32.3 Å². The molecule has 0 amide bonds. The number of halogens is 2. The second kappa shape index (κ2) is 9.09. The van der Waals surface area contributed by atoms with Crippen molar-refractivity contribution in [2.45, 2.75) is 12.3 Å². The van der Waals surface area contributed by atoms with Crippen LogP contribution in [0.5, 0.6) is 0 Å². The van der Waals surface area contributed by atoms with Crippen LogP contribution in [0.2, 0.25) is 0 Å². The normalized spacial score (nSPS) is 12.6. The van der Waals surface area contributed by atoms with E-state index in [1.165, 1.54) is 10.0 Å². The molecule has 0 heterocycles. The van der Waals surface area contributed by atoms with Gasteiger partial charge in [0.2, 0.25) is 0 Å². The minimum Gasteiger partial charge on any atom is -0.382 e. The largest absolute Gasteiger partial charge is 0.382 e. The Morgan fingerprint density at radius 3 is 2.59 bits per heavy atom. The molecule has 0 aliphatic carbocycles. The van der Waals surface area contributed by atoms with Crippen LogP contribution in [0.4, 0.5) is 0 Å². The van der Waals surface area contributed by atoms with E-state index in [2.05, 4.69) is 50.1 Å². The summed E-state index contributed by atoms with van der Waals surface area (Å²) in [6.07, 6.45) is 1.01. The third-order valence-electron chi connectivity index (χ3n) is 2.57. The molecule has 1 aromatic rings. The smallest absolute Gasteiger partial charge is 0.0700 e. The molecule has 0 aliphatic heterocycles. The van der Waals surface area contributed by atoms with Crippen molar-refractivity contribution >= 4 is 31.9 Å². The predicted octanol–water partition coefficient (Wildman–Crippen LogP) is 3.98. The zero-order chi connectivity index (χ0) is 12.5. The first kappa shape index (κ1) is 15.2. The number of benzene rings is 1. The van der Waals surface area contributed by atoms with Gasteiger partial charge >= 0.3 is 0 Å². The Hall–Kier alpha value is 0.1000. The number of hydrogen-bond acceptors (Lipinski definition) is 2. The SMILES string of the molecule is COCCOCCC(CBr)c1ccccc1Br. The molecule has 0 saturated carbocycles. The molecule has 0 aliphatic rings. The van der Waals surface area contributed by atoms with Gasteiger partial charge in [0.25, 0.3) is 0 Å². The van der Waals surface area contributed by atoms with Crippen LogP contribution in [0.1, 0.15) is 17.9 Å². The van der Waals surface area contributed by atoms with Gasteiger partial charge in [0.1, 0.15) is 0 Å². The third kappa shape index (κ3) is 5.51. The first-order valence-corrected chi connectivity index (χ1v) is 7.58. The molecule has 1 atom stereocenters. The number of alkyl halides is 1. The summed E-state index contributed by atoms with van der Waals surface area (Å²) in [5.41, 5.74) is 1.33.